The van der Waals surface area contributed by atoms with E-state index in [2.05, 4.69) is 39.9 Å². The van der Waals surface area contributed by atoms with Crippen molar-refractivity contribution < 1.29 is 9.47 Å². The topological polar surface area (TPSA) is 18.5 Å². The Balaban J connectivity index is 1.75. The van der Waals surface area contributed by atoms with Crippen molar-refractivity contribution in [3.63, 3.8) is 0 Å². The third-order valence-electron chi connectivity index (χ3n) is 3.75. The van der Waals surface area contributed by atoms with Crippen LogP contribution in [0.5, 0.6) is 5.75 Å². The fourth-order valence-corrected chi connectivity index (χ4v) is 2.94. The van der Waals surface area contributed by atoms with Crippen molar-refractivity contribution in [2.75, 3.05) is 6.61 Å². The van der Waals surface area contributed by atoms with Crippen molar-refractivity contribution in [3.8, 4) is 17.6 Å². The zero-order chi connectivity index (χ0) is 15.9. The Hall–Kier alpha value is -1.76. The zero-order valence-electron chi connectivity index (χ0n) is 12.9. The van der Waals surface area contributed by atoms with Gasteiger partial charge in [-0.25, -0.2) is 0 Å². The molecule has 2 aromatic carbocycles. The first-order chi connectivity index (χ1) is 11.3. The number of hydrogen-bond acceptors (Lipinski definition) is 2. The van der Waals surface area contributed by atoms with Gasteiger partial charge in [-0.05, 0) is 52.9 Å². The van der Waals surface area contributed by atoms with Gasteiger partial charge in [0, 0.05) is 11.1 Å². The summed E-state index contributed by atoms with van der Waals surface area (Å²) in [5.41, 5.74) is 2.03. The standard InChI is InChI=1S/C20H19BrO2/c21-19-10-6-11-20(23-15-16-7-2-1-3-8-16)18(19)13-12-17-9-4-5-14-22-17/h1-3,6-8,10-11,17H,4-5,9,14-15H2. The highest BCUT2D eigenvalue weighted by atomic mass is 79.9. The molecule has 0 spiro atoms. The molecule has 0 radical (unpaired) electrons. The van der Waals surface area contributed by atoms with Gasteiger partial charge in [-0.3, -0.25) is 0 Å². The van der Waals surface area contributed by atoms with Crippen molar-refractivity contribution >= 4 is 15.9 Å². The van der Waals surface area contributed by atoms with E-state index in [1.165, 1.54) is 6.42 Å². The van der Waals surface area contributed by atoms with E-state index in [4.69, 9.17) is 9.47 Å². The second kappa shape index (κ2) is 8.19. The molecule has 1 aliphatic heterocycles. The van der Waals surface area contributed by atoms with Crippen LogP contribution in [0.1, 0.15) is 30.4 Å². The lowest BCUT2D eigenvalue weighted by atomic mass is 10.1. The first-order valence-corrected chi connectivity index (χ1v) is 8.70. The zero-order valence-corrected chi connectivity index (χ0v) is 14.5. The maximum absolute atomic E-state index is 5.97. The molecule has 118 valence electrons. The third kappa shape index (κ3) is 4.60. The second-order valence-corrected chi connectivity index (χ2v) is 6.37. The molecule has 1 fully saturated rings. The Bertz CT molecular complexity index is 695. The van der Waals surface area contributed by atoms with Gasteiger partial charge < -0.3 is 9.47 Å². The molecule has 0 N–H and O–H groups in total. The summed E-state index contributed by atoms with van der Waals surface area (Å²) < 4.78 is 12.6. The van der Waals surface area contributed by atoms with E-state index in [0.717, 1.165) is 40.8 Å². The normalized spacial score (nSPS) is 17.2. The van der Waals surface area contributed by atoms with Gasteiger partial charge in [-0.1, -0.05) is 48.2 Å². The van der Waals surface area contributed by atoms with E-state index in [1.807, 2.05) is 36.4 Å². The van der Waals surface area contributed by atoms with Crippen LogP contribution in [0.4, 0.5) is 0 Å². The van der Waals surface area contributed by atoms with Crippen molar-refractivity contribution in [1.82, 2.24) is 0 Å². The van der Waals surface area contributed by atoms with E-state index < -0.39 is 0 Å². The van der Waals surface area contributed by atoms with Gasteiger partial charge in [-0.15, -0.1) is 0 Å². The summed E-state index contributed by atoms with van der Waals surface area (Å²) in [5.74, 6) is 7.27. The molecule has 2 aromatic rings. The number of halogens is 1. The second-order valence-electron chi connectivity index (χ2n) is 5.51. The Morgan fingerprint density at radius 3 is 2.74 bits per heavy atom. The smallest absolute Gasteiger partial charge is 0.136 e. The van der Waals surface area contributed by atoms with Gasteiger partial charge in [-0.2, -0.15) is 0 Å². The minimum absolute atomic E-state index is 0.0397. The lowest BCUT2D eigenvalue weighted by molar-refractivity contribution is 0.0525. The first kappa shape index (κ1) is 16.1. The first-order valence-electron chi connectivity index (χ1n) is 7.91. The van der Waals surface area contributed by atoms with Crippen LogP contribution in [-0.2, 0) is 11.3 Å². The maximum Gasteiger partial charge on any atom is 0.136 e. The van der Waals surface area contributed by atoms with Crippen molar-refractivity contribution in [3.05, 3.63) is 64.1 Å². The fourth-order valence-electron chi connectivity index (χ4n) is 2.49. The summed E-state index contributed by atoms with van der Waals surface area (Å²) in [5, 5.41) is 0. The quantitative estimate of drug-likeness (QED) is 0.711. The van der Waals surface area contributed by atoms with Crippen LogP contribution in [0.2, 0.25) is 0 Å². The lowest BCUT2D eigenvalue weighted by Crippen LogP contribution is -2.16. The molecule has 2 nitrogen and oxygen atoms in total. The molecule has 1 aliphatic rings. The number of ether oxygens (including phenoxy) is 2. The molecule has 1 heterocycles. The molecule has 1 unspecified atom stereocenters. The van der Waals surface area contributed by atoms with E-state index >= 15 is 0 Å². The summed E-state index contributed by atoms with van der Waals surface area (Å²) in [6, 6.07) is 16.1. The van der Waals surface area contributed by atoms with Gasteiger partial charge in [0.2, 0.25) is 0 Å². The molecule has 0 saturated carbocycles. The van der Waals surface area contributed by atoms with Crippen molar-refractivity contribution in [2.45, 2.75) is 32.0 Å². The van der Waals surface area contributed by atoms with Gasteiger partial charge in [0.25, 0.3) is 0 Å². The highest BCUT2D eigenvalue weighted by Crippen LogP contribution is 2.27. The third-order valence-corrected chi connectivity index (χ3v) is 4.41. The predicted octanol–water partition coefficient (Wildman–Crippen LogP) is 4.95. The average Bonchev–Trinajstić information content (AvgIpc) is 2.61. The Labute approximate surface area is 145 Å². The number of benzene rings is 2. The molecule has 0 aliphatic carbocycles. The van der Waals surface area contributed by atoms with Crippen LogP contribution in [0.3, 0.4) is 0 Å². The van der Waals surface area contributed by atoms with Crippen LogP contribution >= 0.6 is 15.9 Å². The molecule has 0 amide bonds. The highest BCUT2D eigenvalue weighted by molar-refractivity contribution is 9.10. The largest absolute Gasteiger partial charge is 0.488 e. The fraction of sp³-hybridized carbons (Fsp3) is 0.300. The Morgan fingerprint density at radius 1 is 1.09 bits per heavy atom. The van der Waals surface area contributed by atoms with Gasteiger partial charge in [0.15, 0.2) is 0 Å². The average molecular weight is 371 g/mol. The summed E-state index contributed by atoms with van der Waals surface area (Å²) in [7, 11) is 0. The van der Waals surface area contributed by atoms with Crippen LogP contribution in [0, 0.1) is 11.8 Å². The van der Waals surface area contributed by atoms with Crippen molar-refractivity contribution in [2.24, 2.45) is 0 Å². The van der Waals surface area contributed by atoms with Crippen LogP contribution in [-0.4, -0.2) is 12.7 Å². The van der Waals surface area contributed by atoms with Gasteiger partial charge in [0.05, 0.1) is 5.56 Å². The number of hydrogen-bond donors (Lipinski definition) is 0. The van der Waals surface area contributed by atoms with E-state index in [0.29, 0.717) is 6.61 Å². The molecule has 3 rings (SSSR count). The van der Waals surface area contributed by atoms with Crippen LogP contribution in [0.25, 0.3) is 0 Å². The minimum atomic E-state index is 0.0397. The highest BCUT2D eigenvalue weighted by Gasteiger charge is 2.11. The molecule has 1 atom stereocenters. The monoisotopic (exact) mass is 370 g/mol. The Morgan fingerprint density at radius 2 is 1.96 bits per heavy atom. The minimum Gasteiger partial charge on any atom is -0.488 e. The van der Waals surface area contributed by atoms with E-state index in [9.17, 15) is 0 Å². The van der Waals surface area contributed by atoms with Crippen LogP contribution in [0.15, 0.2) is 53.0 Å². The molecule has 23 heavy (non-hydrogen) atoms. The summed E-state index contributed by atoms with van der Waals surface area (Å²) in [4.78, 5) is 0. The van der Waals surface area contributed by atoms with Crippen LogP contribution < -0.4 is 4.74 Å². The van der Waals surface area contributed by atoms with E-state index in [-0.39, 0.29) is 6.10 Å². The molecular weight excluding hydrogens is 352 g/mol. The SMILES string of the molecule is Brc1cccc(OCc2ccccc2)c1C#CC1CCCCO1. The molecule has 0 aromatic heterocycles. The lowest BCUT2D eigenvalue weighted by Gasteiger charge is -2.17. The molecule has 0 bridgehead atoms. The summed E-state index contributed by atoms with van der Waals surface area (Å²) in [6.07, 6.45) is 3.38. The Kier molecular flexibility index (Phi) is 5.74. The summed E-state index contributed by atoms with van der Waals surface area (Å²) >= 11 is 3.58. The van der Waals surface area contributed by atoms with Gasteiger partial charge >= 0.3 is 0 Å². The number of rotatable bonds is 3. The molecule has 3 heteroatoms. The molecule has 1 saturated heterocycles. The predicted molar refractivity (Wildman–Crippen MR) is 95.4 cm³/mol. The van der Waals surface area contributed by atoms with Gasteiger partial charge in [0.1, 0.15) is 18.5 Å². The molecular formula is C20H19BrO2. The summed E-state index contributed by atoms with van der Waals surface area (Å²) in [6.45, 7) is 1.35. The van der Waals surface area contributed by atoms with E-state index in [1.54, 1.807) is 0 Å². The maximum atomic E-state index is 5.97. The van der Waals surface area contributed by atoms with Crippen molar-refractivity contribution in [1.29, 1.82) is 0 Å².